The first kappa shape index (κ1) is 28.1. The molecule has 5 aliphatic rings. The van der Waals surface area contributed by atoms with Gasteiger partial charge in [-0.05, 0) is 91.3 Å². The fourth-order valence-electron chi connectivity index (χ4n) is 10.8. The molecule has 0 heterocycles. The summed E-state index contributed by atoms with van der Waals surface area (Å²) in [6.07, 6.45) is 0.576. The maximum atomic E-state index is 12.9. The zero-order chi connectivity index (χ0) is 28.4. The molecule has 214 valence electrons. The van der Waals surface area contributed by atoms with E-state index >= 15 is 0 Å². The first-order valence-corrected chi connectivity index (χ1v) is 14.2. The quantitative estimate of drug-likeness (QED) is 0.295. The van der Waals surface area contributed by atoms with Crippen molar-refractivity contribution < 1.29 is 40.2 Å². The fourth-order valence-corrected chi connectivity index (χ4v) is 10.8. The summed E-state index contributed by atoms with van der Waals surface area (Å²) >= 11 is 0. The Morgan fingerprint density at radius 2 is 1.45 bits per heavy atom. The molecule has 5 aliphatic carbocycles. The van der Waals surface area contributed by atoms with Crippen LogP contribution in [0, 0.1) is 50.2 Å². The Morgan fingerprint density at radius 3 is 2.03 bits per heavy atom. The van der Waals surface area contributed by atoms with Gasteiger partial charge in [-0.2, -0.15) is 0 Å². The predicted molar refractivity (Wildman–Crippen MR) is 139 cm³/mol. The zero-order valence-electron chi connectivity index (χ0n) is 23.6. The molecule has 8 heteroatoms. The van der Waals surface area contributed by atoms with Crippen molar-refractivity contribution in [3.63, 3.8) is 0 Å². The molecule has 0 aliphatic heterocycles. The first-order chi connectivity index (χ1) is 17.3. The molecule has 0 amide bonds. The number of aliphatic hydroxyl groups is 4. The van der Waals surface area contributed by atoms with Crippen LogP contribution in [0.2, 0.25) is 0 Å². The van der Waals surface area contributed by atoms with E-state index in [9.17, 15) is 40.2 Å². The van der Waals surface area contributed by atoms with Gasteiger partial charge in [0.05, 0.1) is 29.8 Å². The van der Waals surface area contributed by atoms with Crippen LogP contribution in [0.3, 0.4) is 0 Å². The number of hydrogen-bond acceptors (Lipinski definition) is 6. The van der Waals surface area contributed by atoms with Crippen LogP contribution in [0.1, 0.15) is 86.5 Å². The Kier molecular flexibility index (Phi) is 5.94. The Labute approximate surface area is 225 Å². The second-order valence-corrected chi connectivity index (χ2v) is 15.1. The molecule has 0 radical (unpaired) electrons. The molecule has 38 heavy (non-hydrogen) atoms. The molecule has 0 saturated heterocycles. The predicted octanol–water partition coefficient (Wildman–Crippen LogP) is 3.21. The lowest BCUT2D eigenvalue weighted by Crippen LogP contribution is -2.70. The normalized spacial score (nSPS) is 55.4. The summed E-state index contributed by atoms with van der Waals surface area (Å²) in [5.41, 5.74) is -3.86. The van der Waals surface area contributed by atoms with Gasteiger partial charge < -0.3 is 30.6 Å². The van der Waals surface area contributed by atoms with Gasteiger partial charge in [-0.3, -0.25) is 9.59 Å². The van der Waals surface area contributed by atoms with Gasteiger partial charge in [-0.15, -0.1) is 0 Å². The summed E-state index contributed by atoms with van der Waals surface area (Å²) in [5.74, 6) is -2.92. The van der Waals surface area contributed by atoms with E-state index in [4.69, 9.17) is 0 Å². The SMILES string of the molecule is CC1(C)C[C@H]2C3=CC[C@@H]4[C@@]5(C)C[C@H](O)[C@H](O)[C@](C)(C(=O)O)[C@H]5CC[C@@]4(C)[C@]3(C)C[C@H](O)[C@@]2(C(=O)O)C[C@@H]1O. The number of carboxylic acids is 2. The third kappa shape index (κ3) is 3.06. The molecule has 6 N–H and O–H groups in total. The smallest absolute Gasteiger partial charge is 0.312 e. The monoisotopic (exact) mass is 534 g/mol. The number of hydrogen-bond donors (Lipinski definition) is 6. The lowest BCUT2D eigenvalue weighted by molar-refractivity contribution is -0.246. The third-order valence-electron chi connectivity index (χ3n) is 13.4. The van der Waals surface area contributed by atoms with Gasteiger partial charge in [0.1, 0.15) is 5.41 Å². The molecule has 8 nitrogen and oxygen atoms in total. The van der Waals surface area contributed by atoms with E-state index in [1.807, 2.05) is 13.8 Å². The minimum Gasteiger partial charge on any atom is -0.481 e. The molecule has 0 aromatic carbocycles. The van der Waals surface area contributed by atoms with Gasteiger partial charge in [0, 0.05) is 0 Å². The molecule has 0 bridgehead atoms. The Bertz CT molecular complexity index is 1080. The van der Waals surface area contributed by atoms with E-state index in [1.165, 1.54) is 0 Å². The minimum atomic E-state index is -1.48. The van der Waals surface area contributed by atoms with Crippen molar-refractivity contribution in [2.45, 2.75) is 111 Å². The third-order valence-corrected chi connectivity index (χ3v) is 13.4. The number of carbonyl (C=O) groups is 2. The molecule has 4 fully saturated rings. The molecule has 0 unspecified atom stereocenters. The lowest BCUT2D eigenvalue weighted by Gasteiger charge is -2.71. The average molecular weight is 535 g/mol. The first-order valence-electron chi connectivity index (χ1n) is 14.2. The van der Waals surface area contributed by atoms with Crippen LogP contribution in [-0.4, -0.2) is 67.0 Å². The van der Waals surface area contributed by atoms with E-state index in [2.05, 4.69) is 26.8 Å². The second-order valence-electron chi connectivity index (χ2n) is 15.1. The van der Waals surface area contributed by atoms with Crippen LogP contribution in [0.5, 0.6) is 0 Å². The van der Waals surface area contributed by atoms with Crippen LogP contribution >= 0.6 is 0 Å². The highest BCUT2D eigenvalue weighted by Gasteiger charge is 2.73. The fraction of sp³-hybridized carbons (Fsp3) is 0.867. The highest BCUT2D eigenvalue weighted by Crippen LogP contribution is 2.75. The van der Waals surface area contributed by atoms with E-state index in [-0.39, 0.29) is 30.1 Å². The van der Waals surface area contributed by atoms with Crippen molar-refractivity contribution in [2.24, 2.45) is 50.2 Å². The van der Waals surface area contributed by atoms with Gasteiger partial charge in [0.25, 0.3) is 0 Å². The molecule has 5 rings (SSSR count). The number of aliphatic hydroxyl groups excluding tert-OH is 4. The molecular weight excluding hydrogens is 488 g/mol. The van der Waals surface area contributed by atoms with Gasteiger partial charge in [-0.25, -0.2) is 0 Å². The molecule has 0 spiro atoms. The zero-order valence-corrected chi connectivity index (χ0v) is 23.6. The molecule has 4 saturated carbocycles. The van der Waals surface area contributed by atoms with Crippen LogP contribution in [-0.2, 0) is 9.59 Å². The van der Waals surface area contributed by atoms with Crippen LogP contribution in [0.4, 0.5) is 0 Å². The summed E-state index contributed by atoms with van der Waals surface area (Å²) in [5, 5.41) is 65.2. The largest absolute Gasteiger partial charge is 0.481 e. The summed E-state index contributed by atoms with van der Waals surface area (Å²) in [6, 6.07) is 0. The topological polar surface area (TPSA) is 156 Å². The summed E-state index contributed by atoms with van der Waals surface area (Å²) in [4.78, 5) is 25.4. The Hall–Kier alpha value is -1.48. The Morgan fingerprint density at radius 1 is 0.816 bits per heavy atom. The minimum absolute atomic E-state index is 0.00949. The number of carboxylic acid groups (broad SMARTS) is 2. The second kappa shape index (κ2) is 8.05. The van der Waals surface area contributed by atoms with Gasteiger partial charge >= 0.3 is 11.9 Å². The highest BCUT2D eigenvalue weighted by atomic mass is 16.4. The highest BCUT2D eigenvalue weighted by molar-refractivity contribution is 5.78. The Balaban J connectivity index is 1.65. The van der Waals surface area contributed by atoms with E-state index < -0.39 is 69.3 Å². The van der Waals surface area contributed by atoms with Gasteiger partial charge in [0.2, 0.25) is 0 Å². The maximum absolute atomic E-state index is 12.9. The average Bonchev–Trinajstić information content (AvgIpc) is 2.79. The molecular formula is C30H46O8. The van der Waals surface area contributed by atoms with E-state index in [0.29, 0.717) is 32.1 Å². The number of allylic oxidation sites excluding steroid dienone is 2. The van der Waals surface area contributed by atoms with Crippen molar-refractivity contribution in [1.29, 1.82) is 0 Å². The van der Waals surface area contributed by atoms with Gasteiger partial charge in [0.15, 0.2) is 0 Å². The number of aliphatic carboxylic acids is 2. The summed E-state index contributed by atoms with van der Waals surface area (Å²) in [6.45, 7) is 11.9. The van der Waals surface area contributed by atoms with Crippen molar-refractivity contribution in [2.75, 3.05) is 0 Å². The van der Waals surface area contributed by atoms with E-state index in [1.54, 1.807) is 6.92 Å². The van der Waals surface area contributed by atoms with Crippen molar-refractivity contribution in [1.82, 2.24) is 0 Å². The maximum Gasteiger partial charge on any atom is 0.312 e. The summed E-state index contributed by atoms with van der Waals surface area (Å²) < 4.78 is 0. The van der Waals surface area contributed by atoms with Crippen LogP contribution in [0.25, 0.3) is 0 Å². The van der Waals surface area contributed by atoms with E-state index in [0.717, 1.165) is 5.57 Å². The van der Waals surface area contributed by atoms with Crippen molar-refractivity contribution in [3.05, 3.63) is 11.6 Å². The molecule has 0 aromatic rings. The van der Waals surface area contributed by atoms with Crippen molar-refractivity contribution in [3.8, 4) is 0 Å². The van der Waals surface area contributed by atoms with Crippen LogP contribution < -0.4 is 0 Å². The molecule has 12 atom stereocenters. The lowest BCUT2D eigenvalue weighted by atomic mass is 9.33. The summed E-state index contributed by atoms with van der Waals surface area (Å²) in [7, 11) is 0. The van der Waals surface area contributed by atoms with Crippen molar-refractivity contribution >= 4 is 11.9 Å². The standard InChI is InChI=1S/C30H46O8/c1-25(2)11-16-15-7-8-18-26(3)12-17(31)22(34)29(6,23(35)36)19(26)9-10-27(18,4)28(15,5)13-21(33)30(16,24(37)38)14-20(25)32/h7,16-22,31-34H,8-14H2,1-6H3,(H,35,36)(H,37,38)/t16-,17-,18+,19-,20-,21-,22-,26+,27+,28+,29+,30+/m0/s1. The van der Waals surface area contributed by atoms with Gasteiger partial charge in [-0.1, -0.05) is 46.3 Å². The molecule has 0 aromatic heterocycles. The number of fused-ring (bicyclic) bond motifs is 7. The number of rotatable bonds is 2. The van der Waals surface area contributed by atoms with Crippen LogP contribution in [0.15, 0.2) is 11.6 Å².